The van der Waals surface area contributed by atoms with E-state index >= 15 is 0 Å². The van der Waals surface area contributed by atoms with Crippen LogP contribution in [0.1, 0.15) is 0 Å². The van der Waals surface area contributed by atoms with Crippen molar-refractivity contribution in [3.63, 3.8) is 0 Å². The van der Waals surface area contributed by atoms with E-state index in [4.69, 9.17) is 15.0 Å². The standard InChI is InChI=1S/C57H38N4/c1-6-18-39(19-7-1)46-34-47(40-20-8-2-9-21-40)36-48(35-46)44-30-33-51-50-28-16-17-29-52(50)61(54(51)37-44)53-38-45(31-32-49(53)41-22-10-3-11-23-41)57-59-55(42-24-12-4-13-25-42)58-56(60-57)43-26-14-5-15-27-43/h1-38H. The van der Waals surface area contributed by atoms with Crippen molar-refractivity contribution in [2.24, 2.45) is 0 Å². The van der Waals surface area contributed by atoms with Crippen molar-refractivity contribution in [3.8, 4) is 84.4 Å². The SMILES string of the molecule is c1ccc(-c2cc(-c3ccccc3)cc(-c3ccc4c5ccccc5n(-c5cc(-c6nc(-c7ccccc7)nc(-c7ccccc7)n6)ccc5-c5ccccc5)c4c3)c2)cc1. The lowest BCUT2D eigenvalue weighted by molar-refractivity contribution is 1.07. The summed E-state index contributed by atoms with van der Waals surface area (Å²) in [5, 5.41) is 2.37. The van der Waals surface area contributed by atoms with Crippen LogP contribution in [0.5, 0.6) is 0 Å². The molecule has 11 rings (SSSR count). The number of hydrogen-bond acceptors (Lipinski definition) is 3. The molecule has 0 spiro atoms. The zero-order valence-corrected chi connectivity index (χ0v) is 33.2. The Morgan fingerprint density at radius 1 is 0.246 bits per heavy atom. The molecule has 0 saturated carbocycles. The molecule has 0 amide bonds. The Balaban J connectivity index is 1.15. The van der Waals surface area contributed by atoms with E-state index in [0.29, 0.717) is 17.5 Å². The predicted octanol–water partition coefficient (Wildman–Crippen LogP) is 14.6. The molecule has 0 N–H and O–H groups in total. The molecule has 0 radical (unpaired) electrons. The van der Waals surface area contributed by atoms with E-state index in [1.165, 1.54) is 33.0 Å². The quantitative estimate of drug-likeness (QED) is 0.154. The molecule has 0 bridgehead atoms. The zero-order chi connectivity index (χ0) is 40.5. The van der Waals surface area contributed by atoms with Gasteiger partial charge in [-0.1, -0.05) is 194 Å². The summed E-state index contributed by atoms with van der Waals surface area (Å²) in [5.41, 5.74) is 15.3. The number of nitrogens with zero attached hydrogens (tertiary/aromatic N) is 4. The van der Waals surface area contributed by atoms with Gasteiger partial charge in [-0.2, -0.15) is 0 Å². The van der Waals surface area contributed by atoms with Crippen LogP contribution < -0.4 is 0 Å². The van der Waals surface area contributed by atoms with Crippen LogP contribution >= 0.6 is 0 Å². The summed E-state index contributed by atoms with van der Waals surface area (Å²) in [6, 6.07) is 81.4. The van der Waals surface area contributed by atoms with Gasteiger partial charge in [0.05, 0.1) is 16.7 Å². The molecule has 2 aromatic heterocycles. The van der Waals surface area contributed by atoms with Crippen molar-refractivity contribution < 1.29 is 0 Å². The highest BCUT2D eigenvalue weighted by Crippen LogP contribution is 2.41. The van der Waals surface area contributed by atoms with Crippen molar-refractivity contribution in [2.75, 3.05) is 0 Å². The van der Waals surface area contributed by atoms with Crippen LogP contribution in [0.4, 0.5) is 0 Å². The number of fused-ring (bicyclic) bond motifs is 3. The van der Waals surface area contributed by atoms with Crippen LogP contribution in [-0.2, 0) is 0 Å². The fourth-order valence-electron chi connectivity index (χ4n) is 8.45. The van der Waals surface area contributed by atoms with Gasteiger partial charge >= 0.3 is 0 Å². The van der Waals surface area contributed by atoms with Gasteiger partial charge in [0.25, 0.3) is 0 Å². The van der Waals surface area contributed by atoms with Gasteiger partial charge in [0, 0.05) is 33.0 Å². The van der Waals surface area contributed by atoms with E-state index in [0.717, 1.165) is 55.7 Å². The summed E-state index contributed by atoms with van der Waals surface area (Å²) < 4.78 is 2.43. The Hall–Kier alpha value is -8.21. The fraction of sp³-hybridized carbons (Fsp3) is 0. The number of hydrogen-bond donors (Lipinski definition) is 0. The molecule has 0 saturated heterocycles. The van der Waals surface area contributed by atoms with Crippen LogP contribution in [0.25, 0.3) is 106 Å². The first kappa shape index (κ1) is 35.9. The molecular weight excluding hydrogens is 741 g/mol. The van der Waals surface area contributed by atoms with Crippen molar-refractivity contribution in [2.45, 2.75) is 0 Å². The van der Waals surface area contributed by atoms with Crippen LogP contribution in [0.3, 0.4) is 0 Å². The molecule has 0 unspecified atom stereocenters. The Morgan fingerprint density at radius 2 is 0.656 bits per heavy atom. The van der Waals surface area contributed by atoms with E-state index in [2.05, 4.69) is 174 Å². The molecule has 9 aromatic carbocycles. The van der Waals surface area contributed by atoms with E-state index in [1.54, 1.807) is 0 Å². The van der Waals surface area contributed by atoms with Gasteiger partial charge in [-0.3, -0.25) is 0 Å². The highest BCUT2D eigenvalue weighted by Gasteiger charge is 2.20. The van der Waals surface area contributed by atoms with Crippen molar-refractivity contribution in [1.29, 1.82) is 0 Å². The summed E-state index contributed by atoms with van der Waals surface area (Å²) in [5.74, 6) is 1.88. The van der Waals surface area contributed by atoms with E-state index in [9.17, 15) is 0 Å². The summed E-state index contributed by atoms with van der Waals surface area (Å²) in [6.45, 7) is 0. The van der Waals surface area contributed by atoms with Crippen LogP contribution in [0, 0.1) is 0 Å². The minimum atomic E-state index is 0.612. The minimum Gasteiger partial charge on any atom is -0.309 e. The third-order valence-corrected chi connectivity index (χ3v) is 11.4. The molecule has 2 heterocycles. The van der Waals surface area contributed by atoms with Crippen LogP contribution in [0.2, 0.25) is 0 Å². The van der Waals surface area contributed by atoms with Crippen molar-refractivity contribution in [1.82, 2.24) is 19.5 Å². The summed E-state index contributed by atoms with van der Waals surface area (Å²) in [7, 11) is 0. The largest absolute Gasteiger partial charge is 0.309 e. The molecule has 4 heteroatoms. The molecular formula is C57H38N4. The molecule has 0 aliphatic heterocycles. The predicted molar refractivity (Wildman–Crippen MR) is 252 cm³/mol. The first-order valence-corrected chi connectivity index (χ1v) is 20.6. The molecule has 61 heavy (non-hydrogen) atoms. The second-order valence-electron chi connectivity index (χ2n) is 15.3. The van der Waals surface area contributed by atoms with E-state index in [1.807, 2.05) is 60.7 Å². The highest BCUT2D eigenvalue weighted by molar-refractivity contribution is 6.11. The van der Waals surface area contributed by atoms with Gasteiger partial charge < -0.3 is 4.57 Å². The van der Waals surface area contributed by atoms with Gasteiger partial charge in [-0.25, -0.2) is 15.0 Å². The lowest BCUT2D eigenvalue weighted by atomic mass is 9.93. The number of aromatic nitrogens is 4. The second-order valence-corrected chi connectivity index (χ2v) is 15.3. The van der Waals surface area contributed by atoms with Gasteiger partial charge in [0.15, 0.2) is 17.5 Å². The second kappa shape index (κ2) is 15.5. The zero-order valence-electron chi connectivity index (χ0n) is 33.2. The lowest BCUT2D eigenvalue weighted by Gasteiger charge is -2.17. The third kappa shape index (κ3) is 6.86. The molecule has 0 aliphatic carbocycles. The molecule has 0 fully saturated rings. The normalized spacial score (nSPS) is 11.3. The average molecular weight is 779 g/mol. The number of benzene rings is 9. The molecule has 11 aromatic rings. The molecule has 0 atom stereocenters. The molecule has 0 aliphatic rings. The Bertz CT molecular complexity index is 3210. The van der Waals surface area contributed by atoms with Gasteiger partial charge in [-0.05, 0) is 75.3 Å². The topological polar surface area (TPSA) is 43.6 Å². The highest BCUT2D eigenvalue weighted by atomic mass is 15.0. The first-order valence-electron chi connectivity index (χ1n) is 20.6. The Morgan fingerprint density at radius 3 is 1.20 bits per heavy atom. The van der Waals surface area contributed by atoms with Crippen LogP contribution in [-0.4, -0.2) is 19.5 Å². The van der Waals surface area contributed by atoms with Gasteiger partial charge in [0.1, 0.15) is 0 Å². The number of rotatable bonds is 8. The molecule has 4 nitrogen and oxygen atoms in total. The molecule has 286 valence electrons. The Kier molecular flexibility index (Phi) is 9.14. The lowest BCUT2D eigenvalue weighted by Crippen LogP contribution is -2.02. The monoisotopic (exact) mass is 778 g/mol. The van der Waals surface area contributed by atoms with Gasteiger partial charge in [-0.15, -0.1) is 0 Å². The van der Waals surface area contributed by atoms with Gasteiger partial charge in [0.2, 0.25) is 0 Å². The van der Waals surface area contributed by atoms with Crippen molar-refractivity contribution >= 4 is 21.8 Å². The minimum absolute atomic E-state index is 0.612. The maximum atomic E-state index is 5.14. The van der Waals surface area contributed by atoms with E-state index in [-0.39, 0.29) is 0 Å². The third-order valence-electron chi connectivity index (χ3n) is 11.4. The van der Waals surface area contributed by atoms with Crippen LogP contribution in [0.15, 0.2) is 231 Å². The summed E-state index contributed by atoms with van der Waals surface area (Å²) >= 11 is 0. The fourth-order valence-corrected chi connectivity index (χ4v) is 8.45. The maximum Gasteiger partial charge on any atom is 0.164 e. The first-order chi connectivity index (χ1) is 30.2. The Labute approximate surface area is 354 Å². The van der Waals surface area contributed by atoms with Crippen molar-refractivity contribution in [3.05, 3.63) is 231 Å². The van der Waals surface area contributed by atoms with E-state index < -0.39 is 0 Å². The smallest absolute Gasteiger partial charge is 0.164 e. The average Bonchev–Trinajstić information content (AvgIpc) is 3.68. The summed E-state index contributed by atoms with van der Waals surface area (Å²) in [4.78, 5) is 15.3. The summed E-state index contributed by atoms with van der Waals surface area (Å²) in [6.07, 6.45) is 0. The maximum absolute atomic E-state index is 5.14. The number of para-hydroxylation sites is 1.